The molecule has 2 fully saturated rings. The van der Waals surface area contributed by atoms with E-state index in [9.17, 15) is 13.2 Å². The lowest BCUT2D eigenvalue weighted by molar-refractivity contribution is 0.0746. The number of carbonyl (C=O) groups excluding carboxylic acids is 1. The molecule has 2 heterocycles. The maximum Gasteiger partial charge on any atom is 0.254 e. The summed E-state index contributed by atoms with van der Waals surface area (Å²) in [6, 6.07) is 12.6. The molecule has 1 amide bonds. The first-order chi connectivity index (χ1) is 15.9. The Balaban J connectivity index is 1.50. The third-order valence-electron chi connectivity index (χ3n) is 6.18. The zero-order valence-corrected chi connectivity index (χ0v) is 20.0. The van der Waals surface area contributed by atoms with Gasteiger partial charge in [0.15, 0.2) is 0 Å². The van der Waals surface area contributed by atoms with Crippen LogP contribution in [0.2, 0.25) is 0 Å². The van der Waals surface area contributed by atoms with E-state index in [2.05, 4.69) is 4.90 Å². The van der Waals surface area contributed by atoms with E-state index >= 15 is 0 Å². The van der Waals surface area contributed by atoms with Gasteiger partial charge in [-0.05, 0) is 62.2 Å². The quantitative estimate of drug-likeness (QED) is 0.615. The molecule has 4 rings (SSSR count). The minimum Gasteiger partial charge on any atom is -0.497 e. The zero-order valence-electron chi connectivity index (χ0n) is 19.2. The molecule has 2 aliphatic heterocycles. The largest absolute Gasteiger partial charge is 0.497 e. The highest BCUT2D eigenvalue weighted by atomic mass is 32.2. The number of amides is 1. The highest BCUT2D eigenvalue weighted by Gasteiger charge is 2.31. The number of ether oxygens (including phenoxy) is 2. The number of rotatable bonds is 7. The van der Waals surface area contributed by atoms with Gasteiger partial charge >= 0.3 is 0 Å². The van der Waals surface area contributed by atoms with Gasteiger partial charge in [0.25, 0.3) is 5.91 Å². The van der Waals surface area contributed by atoms with Crippen LogP contribution in [0, 0.1) is 0 Å². The molecule has 0 spiro atoms. The van der Waals surface area contributed by atoms with E-state index in [4.69, 9.17) is 9.47 Å². The molecule has 8 nitrogen and oxygen atoms in total. The van der Waals surface area contributed by atoms with Crippen molar-refractivity contribution in [2.24, 2.45) is 0 Å². The van der Waals surface area contributed by atoms with Gasteiger partial charge in [0.2, 0.25) is 10.0 Å². The average molecular weight is 474 g/mol. The summed E-state index contributed by atoms with van der Waals surface area (Å²) in [6.45, 7) is 5.69. The third kappa shape index (κ3) is 4.94. The minimum absolute atomic E-state index is 0.0777. The molecule has 0 saturated carbocycles. The smallest absolute Gasteiger partial charge is 0.254 e. The second kappa shape index (κ2) is 10.0. The summed E-state index contributed by atoms with van der Waals surface area (Å²) in [5, 5.41) is 0. The minimum atomic E-state index is -3.71. The Morgan fingerprint density at radius 1 is 0.939 bits per heavy atom. The Bertz CT molecular complexity index is 1070. The van der Waals surface area contributed by atoms with E-state index in [1.54, 1.807) is 24.1 Å². The van der Waals surface area contributed by atoms with Gasteiger partial charge in [0, 0.05) is 50.5 Å². The molecule has 178 valence electrons. The predicted molar refractivity (Wildman–Crippen MR) is 127 cm³/mol. The van der Waals surface area contributed by atoms with E-state index in [-0.39, 0.29) is 10.8 Å². The molecule has 0 aliphatic carbocycles. The van der Waals surface area contributed by atoms with Gasteiger partial charge in [-0.25, -0.2) is 8.42 Å². The van der Waals surface area contributed by atoms with Crippen LogP contribution in [-0.2, 0) is 10.0 Å². The number of methoxy groups -OCH3 is 1. The fourth-order valence-corrected chi connectivity index (χ4v) is 6.00. The van der Waals surface area contributed by atoms with Crippen molar-refractivity contribution in [2.45, 2.75) is 24.7 Å². The van der Waals surface area contributed by atoms with E-state index in [1.165, 1.54) is 10.4 Å². The number of benzene rings is 2. The Morgan fingerprint density at radius 2 is 1.61 bits per heavy atom. The summed E-state index contributed by atoms with van der Waals surface area (Å²) < 4.78 is 38.8. The highest BCUT2D eigenvalue weighted by molar-refractivity contribution is 7.89. The van der Waals surface area contributed by atoms with Gasteiger partial charge in [0.1, 0.15) is 16.4 Å². The molecule has 9 heteroatoms. The van der Waals surface area contributed by atoms with Crippen molar-refractivity contribution < 1.29 is 22.7 Å². The number of carbonyl (C=O) groups is 1. The van der Waals surface area contributed by atoms with E-state index in [0.29, 0.717) is 57.2 Å². The number of anilines is 1. The standard InChI is InChI=1S/C24H31N3O5S/c1-3-32-22-11-6-19(18-23(22)33(29,30)27-12-4-5-13-27)24(28)26-16-14-25(15-17-26)20-7-9-21(31-2)10-8-20/h6-11,18H,3-5,12-17H2,1-2H3. The van der Waals surface area contributed by atoms with Crippen LogP contribution in [0.25, 0.3) is 0 Å². The number of hydrogen-bond acceptors (Lipinski definition) is 6. The predicted octanol–water partition coefficient (Wildman–Crippen LogP) is 2.84. The van der Waals surface area contributed by atoms with Gasteiger partial charge in [-0.3, -0.25) is 4.79 Å². The Kier molecular flexibility index (Phi) is 7.09. The van der Waals surface area contributed by atoms with Crippen molar-refractivity contribution in [2.75, 3.05) is 57.9 Å². The Hall–Kier alpha value is -2.78. The van der Waals surface area contributed by atoms with Gasteiger partial charge in [-0.2, -0.15) is 4.31 Å². The summed E-state index contributed by atoms with van der Waals surface area (Å²) in [5.74, 6) is 0.943. The van der Waals surface area contributed by atoms with Crippen LogP contribution >= 0.6 is 0 Å². The SMILES string of the molecule is CCOc1ccc(C(=O)N2CCN(c3ccc(OC)cc3)CC2)cc1S(=O)(=O)N1CCCC1. The number of nitrogens with zero attached hydrogens (tertiary/aromatic N) is 3. The fraction of sp³-hybridized carbons (Fsp3) is 0.458. The average Bonchev–Trinajstić information content (AvgIpc) is 3.40. The molecule has 0 aromatic heterocycles. The molecule has 0 bridgehead atoms. The molecular weight excluding hydrogens is 442 g/mol. The zero-order chi connectivity index (χ0) is 23.4. The first-order valence-corrected chi connectivity index (χ1v) is 12.8. The van der Waals surface area contributed by atoms with E-state index < -0.39 is 10.0 Å². The molecule has 0 N–H and O–H groups in total. The Morgan fingerprint density at radius 3 is 2.21 bits per heavy atom. The lowest BCUT2D eigenvalue weighted by atomic mass is 10.1. The van der Waals surface area contributed by atoms with Crippen LogP contribution in [0.3, 0.4) is 0 Å². The van der Waals surface area contributed by atoms with Crippen molar-refractivity contribution in [3.8, 4) is 11.5 Å². The molecule has 2 aromatic rings. The molecular formula is C24H31N3O5S. The Labute approximate surface area is 195 Å². The lowest BCUT2D eigenvalue weighted by Gasteiger charge is -2.36. The van der Waals surface area contributed by atoms with Crippen LogP contribution in [0.5, 0.6) is 11.5 Å². The van der Waals surface area contributed by atoms with Crippen molar-refractivity contribution in [3.05, 3.63) is 48.0 Å². The first-order valence-electron chi connectivity index (χ1n) is 11.4. The monoisotopic (exact) mass is 473 g/mol. The maximum absolute atomic E-state index is 13.2. The number of piperazine rings is 1. The second-order valence-corrected chi connectivity index (χ2v) is 10.1. The summed E-state index contributed by atoms with van der Waals surface area (Å²) in [5.41, 5.74) is 1.46. The molecule has 2 saturated heterocycles. The van der Waals surface area contributed by atoms with Gasteiger partial charge in [-0.15, -0.1) is 0 Å². The van der Waals surface area contributed by atoms with Gasteiger partial charge in [0.05, 0.1) is 13.7 Å². The normalized spacial score (nSPS) is 17.3. The van der Waals surface area contributed by atoms with E-state index in [1.807, 2.05) is 31.2 Å². The van der Waals surface area contributed by atoms with Crippen LogP contribution in [0.4, 0.5) is 5.69 Å². The molecule has 0 unspecified atom stereocenters. The topological polar surface area (TPSA) is 79.4 Å². The lowest BCUT2D eigenvalue weighted by Crippen LogP contribution is -2.48. The molecule has 2 aliphatic rings. The van der Waals surface area contributed by atoms with Crippen molar-refractivity contribution in [1.29, 1.82) is 0 Å². The van der Waals surface area contributed by atoms with Crippen molar-refractivity contribution >= 4 is 21.6 Å². The van der Waals surface area contributed by atoms with Crippen molar-refractivity contribution in [3.63, 3.8) is 0 Å². The van der Waals surface area contributed by atoms with Gasteiger partial charge in [-0.1, -0.05) is 0 Å². The van der Waals surface area contributed by atoms with E-state index in [0.717, 1.165) is 24.3 Å². The van der Waals surface area contributed by atoms with Crippen LogP contribution in [-0.4, -0.2) is 76.5 Å². The maximum atomic E-state index is 13.2. The van der Waals surface area contributed by atoms with Crippen LogP contribution < -0.4 is 14.4 Å². The molecule has 2 aromatic carbocycles. The van der Waals surface area contributed by atoms with Crippen LogP contribution in [0.1, 0.15) is 30.1 Å². The summed E-state index contributed by atoms with van der Waals surface area (Å²) >= 11 is 0. The molecule has 33 heavy (non-hydrogen) atoms. The fourth-order valence-electron chi connectivity index (χ4n) is 4.33. The summed E-state index contributed by atoms with van der Waals surface area (Å²) in [7, 11) is -2.07. The highest BCUT2D eigenvalue weighted by Crippen LogP contribution is 2.31. The first kappa shape index (κ1) is 23.4. The van der Waals surface area contributed by atoms with Gasteiger partial charge < -0.3 is 19.3 Å². The summed E-state index contributed by atoms with van der Waals surface area (Å²) in [6.07, 6.45) is 1.70. The molecule has 0 atom stereocenters. The second-order valence-electron chi connectivity index (χ2n) is 8.18. The van der Waals surface area contributed by atoms with Crippen LogP contribution in [0.15, 0.2) is 47.4 Å². The number of hydrogen-bond donors (Lipinski definition) is 0. The summed E-state index contributed by atoms with van der Waals surface area (Å²) in [4.78, 5) is 17.3. The molecule has 0 radical (unpaired) electrons. The third-order valence-corrected chi connectivity index (χ3v) is 8.10. The van der Waals surface area contributed by atoms with Crippen molar-refractivity contribution in [1.82, 2.24) is 9.21 Å². The number of sulfonamides is 1.